The SMILES string of the molecule is CC(C)(N)c1nc(C(=O)O)c(O)c(=O)[nH]1. The predicted octanol–water partition coefficient (Wildman–Crippen LogP) is -0.632. The molecule has 0 atom stereocenters. The lowest BCUT2D eigenvalue weighted by molar-refractivity contribution is 0.0685. The fourth-order valence-electron chi connectivity index (χ4n) is 0.921. The van der Waals surface area contributed by atoms with E-state index < -0.39 is 28.5 Å². The van der Waals surface area contributed by atoms with Gasteiger partial charge in [-0.3, -0.25) is 4.79 Å². The van der Waals surface area contributed by atoms with Crippen molar-refractivity contribution in [1.82, 2.24) is 9.97 Å². The van der Waals surface area contributed by atoms with Gasteiger partial charge in [0.25, 0.3) is 5.56 Å². The molecule has 15 heavy (non-hydrogen) atoms. The quantitative estimate of drug-likeness (QED) is 0.517. The van der Waals surface area contributed by atoms with Crippen molar-refractivity contribution >= 4 is 5.97 Å². The highest BCUT2D eigenvalue weighted by molar-refractivity contribution is 5.88. The molecule has 0 aliphatic heterocycles. The summed E-state index contributed by atoms with van der Waals surface area (Å²) < 4.78 is 0. The maximum Gasteiger partial charge on any atom is 0.358 e. The van der Waals surface area contributed by atoms with E-state index in [-0.39, 0.29) is 5.82 Å². The lowest BCUT2D eigenvalue weighted by atomic mass is 10.1. The zero-order valence-corrected chi connectivity index (χ0v) is 8.24. The van der Waals surface area contributed by atoms with Crippen LogP contribution in [0, 0.1) is 0 Å². The van der Waals surface area contributed by atoms with Crippen LogP contribution in [0.4, 0.5) is 0 Å². The predicted molar refractivity (Wildman–Crippen MR) is 50.7 cm³/mol. The summed E-state index contributed by atoms with van der Waals surface area (Å²) in [7, 11) is 0. The van der Waals surface area contributed by atoms with Gasteiger partial charge < -0.3 is 20.9 Å². The number of aromatic amines is 1. The Morgan fingerprint density at radius 1 is 1.53 bits per heavy atom. The third-order valence-electron chi connectivity index (χ3n) is 1.71. The number of carboxylic acid groups (broad SMARTS) is 1. The number of carbonyl (C=O) groups is 1. The molecule has 5 N–H and O–H groups in total. The lowest BCUT2D eigenvalue weighted by Crippen LogP contribution is -2.34. The van der Waals surface area contributed by atoms with Crippen molar-refractivity contribution in [1.29, 1.82) is 0 Å². The summed E-state index contributed by atoms with van der Waals surface area (Å²) in [4.78, 5) is 27.6. The standard InChI is InChI=1S/C8H11N3O4/c1-8(2,9)7-10-3(6(14)15)4(12)5(13)11-7/h12H,9H2,1-2H3,(H,14,15)(H,10,11,13). The Morgan fingerprint density at radius 2 is 2.07 bits per heavy atom. The highest BCUT2D eigenvalue weighted by Gasteiger charge is 2.23. The Morgan fingerprint density at radius 3 is 2.47 bits per heavy atom. The molecule has 0 unspecified atom stereocenters. The molecular weight excluding hydrogens is 202 g/mol. The third-order valence-corrected chi connectivity index (χ3v) is 1.71. The van der Waals surface area contributed by atoms with Crippen LogP contribution >= 0.6 is 0 Å². The molecule has 0 aliphatic rings. The van der Waals surface area contributed by atoms with Crippen LogP contribution in [0.15, 0.2) is 4.79 Å². The Hall–Kier alpha value is -1.89. The van der Waals surface area contributed by atoms with Gasteiger partial charge in [-0.1, -0.05) is 0 Å². The minimum atomic E-state index is -1.48. The van der Waals surface area contributed by atoms with Gasteiger partial charge in [0.05, 0.1) is 5.54 Å². The van der Waals surface area contributed by atoms with Crippen LogP contribution in [0.2, 0.25) is 0 Å². The molecule has 0 saturated heterocycles. The van der Waals surface area contributed by atoms with E-state index in [0.29, 0.717) is 0 Å². The first-order valence-electron chi connectivity index (χ1n) is 4.09. The third kappa shape index (κ3) is 2.13. The number of H-pyrrole nitrogens is 1. The van der Waals surface area contributed by atoms with Crippen molar-refractivity contribution in [2.75, 3.05) is 0 Å². The molecule has 7 heteroatoms. The molecule has 7 nitrogen and oxygen atoms in total. The van der Waals surface area contributed by atoms with Crippen LogP contribution in [0.25, 0.3) is 0 Å². The van der Waals surface area contributed by atoms with E-state index in [9.17, 15) is 9.59 Å². The first-order valence-corrected chi connectivity index (χ1v) is 4.09. The molecule has 0 saturated carbocycles. The van der Waals surface area contributed by atoms with Crippen molar-refractivity contribution in [3.05, 3.63) is 21.9 Å². The zero-order valence-electron chi connectivity index (χ0n) is 8.24. The normalized spacial score (nSPS) is 11.4. The number of hydrogen-bond acceptors (Lipinski definition) is 5. The molecule has 82 valence electrons. The molecule has 1 heterocycles. The number of hydrogen-bond donors (Lipinski definition) is 4. The van der Waals surface area contributed by atoms with Crippen molar-refractivity contribution in [2.24, 2.45) is 5.73 Å². The molecule has 0 aromatic carbocycles. The van der Waals surface area contributed by atoms with Gasteiger partial charge >= 0.3 is 5.97 Å². The number of carboxylic acids is 1. The first kappa shape index (κ1) is 11.2. The minimum absolute atomic E-state index is 0.00250. The molecule has 0 fully saturated rings. The van der Waals surface area contributed by atoms with E-state index in [0.717, 1.165) is 0 Å². The number of aromatic hydroxyl groups is 1. The van der Waals surface area contributed by atoms with E-state index in [1.54, 1.807) is 13.8 Å². The lowest BCUT2D eigenvalue weighted by Gasteiger charge is -2.17. The molecule has 0 amide bonds. The molecule has 0 aliphatic carbocycles. The van der Waals surface area contributed by atoms with Gasteiger partial charge in [-0.25, -0.2) is 9.78 Å². The van der Waals surface area contributed by atoms with Crippen molar-refractivity contribution in [3.8, 4) is 5.75 Å². The summed E-state index contributed by atoms with van der Waals surface area (Å²) in [5, 5.41) is 17.8. The number of aromatic nitrogens is 2. The molecule has 0 spiro atoms. The molecular formula is C8H11N3O4. The highest BCUT2D eigenvalue weighted by atomic mass is 16.4. The van der Waals surface area contributed by atoms with Crippen LogP contribution in [-0.2, 0) is 5.54 Å². The van der Waals surface area contributed by atoms with Gasteiger partial charge in [0.1, 0.15) is 5.82 Å². The van der Waals surface area contributed by atoms with Crippen LogP contribution in [0.3, 0.4) is 0 Å². The average molecular weight is 213 g/mol. The summed E-state index contributed by atoms with van der Waals surface area (Å²) in [6.07, 6.45) is 0. The van der Waals surface area contributed by atoms with Gasteiger partial charge in [0.2, 0.25) is 5.75 Å². The first-order chi connectivity index (χ1) is 6.73. The second-order valence-electron chi connectivity index (χ2n) is 3.64. The van der Waals surface area contributed by atoms with Gasteiger partial charge in [-0.15, -0.1) is 0 Å². The number of aromatic carboxylic acids is 1. The Balaban J connectivity index is 3.50. The fourth-order valence-corrected chi connectivity index (χ4v) is 0.921. The van der Waals surface area contributed by atoms with E-state index in [2.05, 4.69) is 9.97 Å². The number of rotatable bonds is 2. The maximum atomic E-state index is 11.1. The van der Waals surface area contributed by atoms with Crippen LogP contribution in [0.5, 0.6) is 5.75 Å². The number of nitrogens with zero attached hydrogens (tertiary/aromatic N) is 1. The average Bonchev–Trinajstić information content (AvgIpc) is 2.06. The molecule has 0 radical (unpaired) electrons. The number of nitrogens with two attached hydrogens (primary N) is 1. The fraction of sp³-hybridized carbons (Fsp3) is 0.375. The second kappa shape index (κ2) is 3.35. The van der Waals surface area contributed by atoms with E-state index >= 15 is 0 Å². The summed E-state index contributed by atoms with van der Waals surface area (Å²) in [6, 6.07) is 0. The number of nitrogens with one attached hydrogen (secondary N) is 1. The summed E-state index contributed by atoms with van der Waals surface area (Å²) in [5.41, 5.74) is 3.03. The summed E-state index contributed by atoms with van der Waals surface area (Å²) in [5.74, 6) is -2.40. The van der Waals surface area contributed by atoms with Crippen molar-refractivity contribution in [2.45, 2.75) is 19.4 Å². The van der Waals surface area contributed by atoms with Gasteiger partial charge in [-0.2, -0.15) is 0 Å². The van der Waals surface area contributed by atoms with Crippen LogP contribution in [-0.4, -0.2) is 26.2 Å². The van der Waals surface area contributed by atoms with Gasteiger partial charge in [-0.05, 0) is 13.8 Å². The van der Waals surface area contributed by atoms with E-state index in [4.69, 9.17) is 15.9 Å². The summed E-state index contributed by atoms with van der Waals surface area (Å²) in [6.45, 7) is 3.10. The Bertz CT molecular complexity index is 458. The topological polar surface area (TPSA) is 129 Å². The zero-order chi connectivity index (χ0) is 11.8. The van der Waals surface area contributed by atoms with Crippen LogP contribution in [0.1, 0.15) is 30.2 Å². The minimum Gasteiger partial charge on any atom is -0.501 e. The molecule has 1 rings (SSSR count). The second-order valence-corrected chi connectivity index (χ2v) is 3.64. The summed E-state index contributed by atoms with van der Waals surface area (Å²) >= 11 is 0. The monoisotopic (exact) mass is 213 g/mol. The van der Waals surface area contributed by atoms with E-state index in [1.165, 1.54) is 0 Å². The highest BCUT2D eigenvalue weighted by Crippen LogP contribution is 2.14. The van der Waals surface area contributed by atoms with Crippen molar-refractivity contribution < 1.29 is 15.0 Å². The molecule has 0 bridgehead atoms. The van der Waals surface area contributed by atoms with Crippen molar-refractivity contribution in [3.63, 3.8) is 0 Å². The Kier molecular flexibility index (Phi) is 2.50. The van der Waals surface area contributed by atoms with Gasteiger partial charge in [0.15, 0.2) is 5.69 Å². The maximum absolute atomic E-state index is 11.1. The Labute approximate surface area is 84.6 Å². The van der Waals surface area contributed by atoms with Gasteiger partial charge in [0, 0.05) is 0 Å². The molecule has 1 aromatic rings. The largest absolute Gasteiger partial charge is 0.501 e. The smallest absolute Gasteiger partial charge is 0.358 e. The van der Waals surface area contributed by atoms with E-state index in [1.807, 2.05) is 0 Å². The molecule has 1 aromatic heterocycles. The van der Waals surface area contributed by atoms with Crippen LogP contribution < -0.4 is 11.3 Å².